The summed E-state index contributed by atoms with van der Waals surface area (Å²) in [6, 6.07) is 11.1. The average molecular weight is 281 g/mol. The molecule has 0 atom stereocenters. The van der Waals surface area contributed by atoms with E-state index in [-0.39, 0.29) is 11.4 Å². The van der Waals surface area contributed by atoms with Gasteiger partial charge in [-0.15, -0.1) is 0 Å². The van der Waals surface area contributed by atoms with Gasteiger partial charge in [0.1, 0.15) is 6.20 Å². The Morgan fingerprint density at radius 1 is 1.14 bits per heavy atom. The van der Waals surface area contributed by atoms with E-state index in [4.69, 9.17) is 0 Å². The smallest absolute Gasteiger partial charge is 0.315 e. The number of aromatic nitrogens is 3. The Bertz CT molecular complexity index is 834. The molecule has 7 nitrogen and oxygen atoms in total. The number of anilines is 1. The summed E-state index contributed by atoms with van der Waals surface area (Å²) in [5.74, 6) is 0.311. The lowest BCUT2D eigenvalue weighted by molar-refractivity contribution is -0.384. The molecule has 0 radical (unpaired) electrons. The molecular weight excluding hydrogens is 270 g/mol. The number of hydrogen-bond acceptors (Lipinski definition) is 6. The number of fused-ring (bicyclic) bond motifs is 1. The average Bonchev–Trinajstić information content (AvgIpc) is 2.53. The molecule has 0 bridgehead atoms. The Labute approximate surface area is 119 Å². The molecule has 0 aliphatic carbocycles. The molecule has 21 heavy (non-hydrogen) atoms. The second kappa shape index (κ2) is 5.12. The van der Waals surface area contributed by atoms with Crippen LogP contribution in [0.15, 0.2) is 42.6 Å². The summed E-state index contributed by atoms with van der Waals surface area (Å²) in [7, 11) is 1.65. The summed E-state index contributed by atoms with van der Waals surface area (Å²) in [4.78, 5) is 23.1. The fourth-order valence-corrected chi connectivity index (χ4v) is 2.02. The van der Waals surface area contributed by atoms with Crippen LogP contribution < -0.4 is 5.32 Å². The summed E-state index contributed by atoms with van der Waals surface area (Å²) >= 11 is 0. The first-order chi connectivity index (χ1) is 10.2. The minimum atomic E-state index is -0.508. The van der Waals surface area contributed by atoms with Crippen molar-refractivity contribution in [3.05, 3.63) is 52.7 Å². The van der Waals surface area contributed by atoms with E-state index in [1.807, 2.05) is 30.3 Å². The van der Waals surface area contributed by atoms with Crippen molar-refractivity contribution in [3.63, 3.8) is 0 Å². The predicted molar refractivity (Wildman–Crippen MR) is 79.0 cm³/mol. The highest BCUT2D eigenvalue weighted by molar-refractivity contribution is 5.82. The molecule has 2 heterocycles. The third-order valence-corrected chi connectivity index (χ3v) is 3.03. The molecule has 7 heteroatoms. The minimum Gasteiger partial charge on any atom is -0.357 e. The van der Waals surface area contributed by atoms with Crippen LogP contribution in [0.25, 0.3) is 22.3 Å². The highest BCUT2D eigenvalue weighted by Gasteiger charge is 2.20. The first kappa shape index (κ1) is 12.9. The highest BCUT2D eigenvalue weighted by Crippen LogP contribution is 2.28. The van der Waals surface area contributed by atoms with E-state index in [1.54, 1.807) is 13.1 Å². The van der Waals surface area contributed by atoms with Gasteiger partial charge >= 0.3 is 5.69 Å². The number of pyridine rings is 1. The van der Waals surface area contributed by atoms with Gasteiger partial charge in [-0.1, -0.05) is 24.3 Å². The van der Waals surface area contributed by atoms with Gasteiger partial charge in [-0.3, -0.25) is 10.1 Å². The lowest BCUT2D eigenvalue weighted by atomic mass is 10.1. The lowest BCUT2D eigenvalue weighted by Gasteiger charge is -2.05. The van der Waals surface area contributed by atoms with Crippen molar-refractivity contribution in [3.8, 4) is 11.4 Å². The van der Waals surface area contributed by atoms with Crippen molar-refractivity contribution in [2.75, 3.05) is 12.4 Å². The third-order valence-electron chi connectivity index (χ3n) is 3.03. The van der Waals surface area contributed by atoms with Crippen LogP contribution in [-0.2, 0) is 0 Å². The van der Waals surface area contributed by atoms with Crippen LogP contribution in [-0.4, -0.2) is 26.9 Å². The predicted octanol–water partition coefficient (Wildman–Crippen LogP) is 2.64. The molecule has 0 aliphatic rings. The summed E-state index contributed by atoms with van der Waals surface area (Å²) in [5.41, 5.74) is 1.23. The fourth-order valence-electron chi connectivity index (χ4n) is 2.02. The van der Waals surface area contributed by atoms with Crippen LogP contribution in [0, 0.1) is 10.1 Å². The van der Waals surface area contributed by atoms with Gasteiger partial charge in [0.05, 0.1) is 16.1 Å². The van der Waals surface area contributed by atoms with Crippen molar-refractivity contribution in [1.82, 2.24) is 15.0 Å². The quantitative estimate of drug-likeness (QED) is 0.586. The Morgan fingerprint density at radius 2 is 1.95 bits per heavy atom. The van der Waals surface area contributed by atoms with Crippen molar-refractivity contribution in [2.45, 2.75) is 0 Å². The third kappa shape index (κ3) is 2.36. The first-order valence-electron chi connectivity index (χ1n) is 6.24. The number of hydrogen-bond donors (Lipinski definition) is 1. The van der Waals surface area contributed by atoms with Crippen LogP contribution in [0.5, 0.6) is 0 Å². The van der Waals surface area contributed by atoms with Crippen LogP contribution in [0.2, 0.25) is 0 Å². The van der Waals surface area contributed by atoms with Gasteiger partial charge in [-0.05, 0) is 12.1 Å². The topological polar surface area (TPSA) is 93.8 Å². The van der Waals surface area contributed by atoms with Crippen LogP contribution in [0.3, 0.4) is 0 Å². The molecule has 1 aromatic carbocycles. The van der Waals surface area contributed by atoms with E-state index in [1.165, 1.54) is 6.20 Å². The zero-order chi connectivity index (χ0) is 14.8. The van der Waals surface area contributed by atoms with E-state index in [2.05, 4.69) is 20.3 Å². The second-order valence-corrected chi connectivity index (χ2v) is 4.32. The molecule has 104 valence electrons. The van der Waals surface area contributed by atoms with Crippen molar-refractivity contribution in [2.24, 2.45) is 0 Å². The monoisotopic (exact) mass is 281 g/mol. The van der Waals surface area contributed by atoms with E-state index >= 15 is 0 Å². The maximum atomic E-state index is 11.1. The Balaban J connectivity index is 2.22. The van der Waals surface area contributed by atoms with Crippen molar-refractivity contribution < 1.29 is 4.92 Å². The maximum Gasteiger partial charge on any atom is 0.315 e. The molecule has 0 fully saturated rings. The van der Waals surface area contributed by atoms with E-state index in [9.17, 15) is 10.1 Å². The normalized spacial score (nSPS) is 10.5. The summed E-state index contributed by atoms with van der Waals surface area (Å²) in [5, 5.41) is 14.9. The van der Waals surface area contributed by atoms with Gasteiger partial charge in [0.15, 0.2) is 5.69 Å². The maximum absolute atomic E-state index is 11.1. The molecule has 0 unspecified atom stereocenters. The zero-order valence-electron chi connectivity index (χ0n) is 11.1. The second-order valence-electron chi connectivity index (χ2n) is 4.32. The molecule has 0 spiro atoms. The molecule has 3 aromatic rings. The SMILES string of the molecule is CNc1ncc([N+](=O)[O-])c(-c2ccc3ccccc3n2)n1. The van der Waals surface area contributed by atoms with Gasteiger partial charge < -0.3 is 5.32 Å². The molecule has 0 saturated heterocycles. The Morgan fingerprint density at radius 3 is 2.71 bits per heavy atom. The highest BCUT2D eigenvalue weighted by atomic mass is 16.6. The van der Waals surface area contributed by atoms with Crippen LogP contribution >= 0.6 is 0 Å². The van der Waals surface area contributed by atoms with Gasteiger partial charge in [0, 0.05) is 12.4 Å². The zero-order valence-corrected chi connectivity index (χ0v) is 11.1. The molecule has 1 N–H and O–H groups in total. The van der Waals surface area contributed by atoms with Gasteiger partial charge in [-0.25, -0.2) is 15.0 Å². The van der Waals surface area contributed by atoms with Crippen molar-refractivity contribution >= 4 is 22.5 Å². The van der Waals surface area contributed by atoms with Gasteiger partial charge in [0.25, 0.3) is 0 Å². The van der Waals surface area contributed by atoms with Crippen LogP contribution in [0.1, 0.15) is 0 Å². The summed E-state index contributed by atoms with van der Waals surface area (Å²) in [6.07, 6.45) is 1.19. The Kier molecular flexibility index (Phi) is 3.15. The van der Waals surface area contributed by atoms with Crippen LogP contribution in [0.4, 0.5) is 11.6 Å². The molecule has 0 amide bonds. The number of benzene rings is 1. The van der Waals surface area contributed by atoms with E-state index < -0.39 is 4.92 Å². The van der Waals surface area contributed by atoms with Crippen molar-refractivity contribution in [1.29, 1.82) is 0 Å². The number of rotatable bonds is 3. The Hall–Kier alpha value is -3.09. The first-order valence-corrected chi connectivity index (χ1v) is 6.24. The molecular formula is C14H11N5O2. The standard InChI is InChI=1S/C14H11N5O2/c1-15-14-16-8-12(19(20)21)13(18-14)11-7-6-9-4-2-3-5-10(9)17-11/h2-8H,1H3,(H,15,16,18). The largest absolute Gasteiger partial charge is 0.357 e. The molecule has 0 aliphatic heterocycles. The summed E-state index contributed by atoms with van der Waals surface area (Å²) < 4.78 is 0. The summed E-state index contributed by atoms with van der Waals surface area (Å²) in [6.45, 7) is 0. The van der Waals surface area contributed by atoms with Gasteiger partial charge in [-0.2, -0.15) is 0 Å². The molecule has 2 aromatic heterocycles. The number of nitrogens with one attached hydrogen (secondary N) is 1. The van der Waals surface area contributed by atoms with E-state index in [0.29, 0.717) is 11.6 Å². The molecule has 3 rings (SSSR count). The minimum absolute atomic E-state index is 0.170. The number of nitro groups is 1. The fraction of sp³-hybridized carbons (Fsp3) is 0.0714. The lowest BCUT2D eigenvalue weighted by Crippen LogP contribution is -2.02. The molecule has 0 saturated carbocycles. The number of para-hydroxylation sites is 1. The number of nitrogens with zero attached hydrogens (tertiary/aromatic N) is 4. The van der Waals surface area contributed by atoms with Gasteiger partial charge in [0.2, 0.25) is 5.95 Å². The van der Waals surface area contributed by atoms with E-state index in [0.717, 1.165) is 10.9 Å².